The van der Waals surface area contributed by atoms with Crippen molar-refractivity contribution in [1.29, 1.82) is 0 Å². The predicted molar refractivity (Wildman–Crippen MR) is 184 cm³/mol. The van der Waals surface area contributed by atoms with Crippen molar-refractivity contribution in [1.82, 2.24) is 0 Å². The van der Waals surface area contributed by atoms with Gasteiger partial charge in [0.25, 0.3) is 0 Å². The molecule has 0 aliphatic rings. The molecule has 44 heavy (non-hydrogen) atoms. The van der Waals surface area contributed by atoms with E-state index in [-0.39, 0.29) is 45.6 Å². The molecule has 1 atom stereocenters. The average molecular weight is 646 g/mol. The molecule has 0 aliphatic carbocycles. The van der Waals surface area contributed by atoms with Gasteiger partial charge in [0.05, 0.1) is 29.2 Å². The number of benzene rings is 1. The zero-order valence-corrected chi connectivity index (χ0v) is 31.3. The van der Waals surface area contributed by atoms with Crippen LogP contribution in [0.2, 0.25) is 0 Å². The summed E-state index contributed by atoms with van der Waals surface area (Å²) in [6.45, 7) is 5.08. The van der Waals surface area contributed by atoms with Crippen LogP contribution in [-0.2, 0) is 20.6 Å². The summed E-state index contributed by atoms with van der Waals surface area (Å²) >= 11 is -2.33. The Morgan fingerprint density at radius 2 is 0.795 bits per heavy atom. The van der Waals surface area contributed by atoms with E-state index in [1.54, 1.807) is 0 Å². The fourth-order valence-electron chi connectivity index (χ4n) is 5.32. The molecule has 0 fully saturated rings. The molecule has 0 spiro atoms. The Labute approximate surface area is 294 Å². The molecule has 8 heteroatoms. The molecular weight excluding hydrogens is 583 g/mol. The molecule has 1 N–H and O–H groups in total. The maximum atomic E-state index is 12.6. The Bertz CT molecular complexity index is 818. The van der Waals surface area contributed by atoms with E-state index >= 15 is 0 Å². The Kier molecular flexibility index (Phi) is 30.4. The van der Waals surface area contributed by atoms with Crippen LogP contribution in [0.4, 0.5) is 0 Å². The normalized spacial score (nSPS) is 11.6. The molecule has 249 valence electrons. The van der Waals surface area contributed by atoms with E-state index in [9.17, 15) is 18.4 Å². The van der Waals surface area contributed by atoms with E-state index in [1.165, 1.54) is 134 Å². The second-order valence-electron chi connectivity index (χ2n) is 12.0. The van der Waals surface area contributed by atoms with Crippen molar-refractivity contribution in [2.45, 2.75) is 173 Å². The van der Waals surface area contributed by atoms with Crippen molar-refractivity contribution in [3.8, 4) is 0 Å². The third-order valence-corrected chi connectivity index (χ3v) is 8.68. The van der Waals surface area contributed by atoms with Gasteiger partial charge in [-0.3, -0.25) is 0 Å². The molecule has 0 saturated carbocycles. The molecule has 0 heterocycles. The Morgan fingerprint density at radius 3 is 1.07 bits per heavy atom. The monoisotopic (exact) mass is 645 g/mol. The van der Waals surface area contributed by atoms with E-state index in [0.29, 0.717) is 13.2 Å². The van der Waals surface area contributed by atoms with Gasteiger partial charge in [-0.05, 0) is 31.0 Å². The van der Waals surface area contributed by atoms with Gasteiger partial charge in [-0.1, -0.05) is 155 Å². The summed E-state index contributed by atoms with van der Waals surface area (Å²) in [5, 5.41) is 0. The van der Waals surface area contributed by atoms with Crippen molar-refractivity contribution in [3.05, 3.63) is 29.3 Å². The van der Waals surface area contributed by atoms with Crippen molar-refractivity contribution in [2.24, 2.45) is 0 Å². The van der Waals surface area contributed by atoms with Crippen LogP contribution in [0, 0.1) is 0 Å². The van der Waals surface area contributed by atoms with Crippen LogP contribution in [-0.4, -0.2) is 63.5 Å². The number of ether oxygens (including phenoxy) is 2. The largest absolute Gasteiger partial charge is 0.462 e. The van der Waals surface area contributed by atoms with Crippen molar-refractivity contribution >= 4 is 52.6 Å². The predicted octanol–water partition coefficient (Wildman–Crippen LogP) is 10.6. The van der Waals surface area contributed by atoms with E-state index < -0.39 is 23.0 Å². The fraction of sp³-hybridized carbons (Fsp3) is 0.778. The van der Waals surface area contributed by atoms with Gasteiger partial charge in [0.1, 0.15) is 0 Å². The second kappa shape index (κ2) is 30.9. The third kappa shape index (κ3) is 23.6. The van der Waals surface area contributed by atoms with Gasteiger partial charge in [-0.2, -0.15) is 0 Å². The van der Waals surface area contributed by atoms with Gasteiger partial charge in [-0.25, -0.2) is 13.8 Å². The third-order valence-electron chi connectivity index (χ3n) is 8.04. The number of carbonyl (C=O) groups is 2. The average Bonchev–Trinajstić information content (AvgIpc) is 3.01. The summed E-state index contributed by atoms with van der Waals surface area (Å²) in [4.78, 5) is 25.2. The Morgan fingerprint density at radius 1 is 0.523 bits per heavy atom. The summed E-state index contributed by atoms with van der Waals surface area (Å²) in [6, 6.07) is 4.01. The number of rotatable bonds is 29. The van der Waals surface area contributed by atoms with Gasteiger partial charge in [0, 0.05) is 29.6 Å². The van der Waals surface area contributed by atoms with Crippen molar-refractivity contribution in [2.75, 3.05) is 13.2 Å². The quantitative estimate of drug-likeness (QED) is 0.0403. The first-order valence-electron chi connectivity index (χ1n) is 17.6. The molecular formula is C36H62NaO6S. The number of carbonyl (C=O) groups excluding carboxylic acids is 2. The van der Waals surface area contributed by atoms with Crippen molar-refractivity contribution < 1.29 is 27.8 Å². The van der Waals surface area contributed by atoms with Crippen LogP contribution in [0.5, 0.6) is 0 Å². The molecule has 0 bridgehead atoms. The van der Waals surface area contributed by atoms with Gasteiger partial charge in [0.2, 0.25) is 0 Å². The molecule has 0 amide bonds. The maximum absolute atomic E-state index is 12.6. The van der Waals surface area contributed by atoms with Crippen LogP contribution in [0.3, 0.4) is 0 Å². The minimum atomic E-state index is -2.33. The Hall–Kier alpha value is -0.730. The fourth-order valence-corrected chi connectivity index (χ4v) is 5.77. The molecule has 1 aromatic carbocycles. The second-order valence-corrected chi connectivity index (χ2v) is 13.0. The summed E-state index contributed by atoms with van der Waals surface area (Å²) in [6.07, 6.45) is 29.4. The van der Waals surface area contributed by atoms with Crippen LogP contribution in [0.1, 0.15) is 189 Å². The van der Waals surface area contributed by atoms with Crippen LogP contribution in [0.25, 0.3) is 0 Å². The van der Waals surface area contributed by atoms with Crippen LogP contribution in [0.15, 0.2) is 23.1 Å². The molecule has 1 aromatic rings. The van der Waals surface area contributed by atoms with E-state index in [2.05, 4.69) is 13.8 Å². The van der Waals surface area contributed by atoms with Gasteiger partial charge < -0.3 is 14.0 Å². The van der Waals surface area contributed by atoms with Crippen LogP contribution < -0.4 is 0 Å². The maximum Gasteiger partial charge on any atom is 0.338 e. The topological polar surface area (TPSA) is 89.9 Å². The zero-order valence-electron chi connectivity index (χ0n) is 28.5. The first-order valence-corrected chi connectivity index (χ1v) is 18.7. The van der Waals surface area contributed by atoms with E-state index in [0.717, 1.165) is 38.5 Å². The zero-order chi connectivity index (χ0) is 31.4. The smallest absolute Gasteiger partial charge is 0.338 e. The number of hydrogen-bond acceptors (Lipinski definition) is 5. The summed E-state index contributed by atoms with van der Waals surface area (Å²) < 4.78 is 32.1. The van der Waals surface area contributed by atoms with Crippen molar-refractivity contribution in [3.63, 3.8) is 0 Å². The van der Waals surface area contributed by atoms with E-state index in [1.807, 2.05) is 0 Å². The van der Waals surface area contributed by atoms with E-state index in [4.69, 9.17) is 9.47 Å². The first kappa shape index (κ1) is 43.3. The summed E-state index contributed by atoms with van der Waals surface area (Å²) in [5.41, 5.74) is 0.187. The number of unbranched alkanes of at least 4 members (excludes halogenated alkanes) is 22. The minimum Gasteiger partial charge on any atom is -0.462 e. The molecule has 0 aliphatic heterocycles. The first-order chi connectivity index (χ1) is 21.0. The molecule has 1 rings (SSSR count). The molecule has 0 saturated heterocycles. The summed E-state index contributed by atoms with van der Waals surface area (Å²) in [5.74, 6) is -1.18. The molecule has 1 radical (unpaired) electrons. The molecule has 1 unspecified atom stereocenters. The molecule has 0 aromatic heterocycles. The standard InChI is InChI=1S/C36H62O6S.Na/c1-3-5-7-9-11-13-15-17-19-21-23-25-27-41-35(37)32-29-33(31-34(30-32)43(39)40)36(38)42-28-26-24-22-20-18-16-14-12-10-8-6-4-2;/h29-31H,3-28H2,1-2H3,(H,39,40);. The number of hydrogen-bond donors (Lipinski definition) is 1. The number of esters is 2. The minimum absolute atomic E-state index is 0. The van der Waals surface area contributed by atoms with Gasteiger partial charge in [0.15, 0.2) is 11.1 Å². The van der Waals surface area contributed by atoms with Gasteiger partial charge in [-0.15, -0.1) is 0 Å². The molecule has 6 nitrogen and oxygen atoms in total. The SMILES string of the molecule is CCCCCCCCCCCCCCOC(=O)c1cc(C(=O)OCCCCCCCCCCCCCC)cc(S(=O)O)c1.[Na]. The van der Waals surface area contributed by atoms with Gasteiger partial charge >= 0.3 is 11.9 Å². The van der Waals surface area contributed by atoms with Crippen LogP contribution >= 0.6 is 0 Å². The Balaban J connectivity index is 0.0000185. The summed E-state index contributed by atoms with van der Waals surface area (Å²) in [7, 11) is 0.